The number of ether oxygens (including phenoxy) is 1. The van der Waals surface area contributed by atoms with Crippen molar-refractivity contribution in [3.63, 3.8) is 0 Å². The van der Waals surface area contributed by atoms with Crippen LogP contribution in [0.25, 0.3) is 0 Å². The fourth-order valence-electron chi connectivity index (χ4n) is 3.38. The number of carbonyl (C=O) groups excluding carboxylic acids is 1. The number of rotatable bonds is 7. The van der Waals surface area contributed by atoms with E-state index in [-0.39, 0.29) is 11.9 Å². The number of hydrogen-bond donors (Lipinski definition) is 1. The molecular formula is C22H27NO3. The molecule has 0 radical (unpaired) electrons. The Balaban J connectivity index is 1.56. The van der Waals surface area contributed by atoms with Gasteiger partial charge in [0.05, 0.1) is 0 Å². The van der Waals surface area contributed by atoms with E-state index in [1.54, 1.807) is 12.1 Å². The Labute approximate surface area is 155 Å². The lowest BCUT2D eigenvalue weighted by atomic mass is 10.1. The number of furan rings is 1. The van der Waals surface area contributed by atoms with Crippen molar-refractivity contribution < 1.29 is 13.9 Å². The molecule has 1 heterocycles. The third-order valence-electron chi connectivity index (χ3n) is 4.78. The Morgan fingerprint density at radius 1 is 1.15 bits per heavy atom. The first-order valence-electron chi connectivity index (χ1n) is 9.47. The van der Waals surface area contributed by atoms with Gasteiger partial charge in [0.1, 0.15) is 18.1 Å². The molecule has 2 aromatic rings. The Hall–Kier alpha value is -2.49. The highest BCUT2D eigenvalue weighted by molar-refractivity contribution is 5.91. The highest BCUT2D eigenvalue weighted by atomic mass is 16.5. The molecule has 1 aromatic heterocycles. The zero-order chi connectivity index (χ0) is 18.2. The molecule has 26 heavy (non-hydrogen) atoms. The van der Waals surface area contributed by atoms with E-state index in [9.17, 15) is 4.79 Å². The molecule has 1 aliphatic carbocycles. The van der Waals surface area contributed by atoms with Crippen LogP contribution in [0.2, 0.25) is 0 Å². The average molecular weight is 353 g/mol. The summed E-state index contributed by atoms with van der Waals surface area (Å²) in [6.07, 6.45) is 9.63. The molecule has 1 aliphatic rings. The normalized spacial score (nSPS) is 15.2. The van der Waals surface area contributed by atoms with Gasteiger partial charge in [-0.25, -0.2) is 0 Å². The van der Waals surface area contributed by atoms with Gasteiger partial charge in [-0.15, -0.1) is 6.58 Å². The second-order valence-electron chi connectivity index (χ2n) is 6.82. The van der Waals surface area contributed by atoms with E-state index >= 15 is 0 Å². The topological polar surface area (TPSA) is 51.5 Å². The maximum Gasteiger partial charge on any atom is 0.287 e. The quantitative estimate of drug-likeness (QED) is 0.560. The molecule has 1 amide bonds. The van der Waals surface area contributed by atoms with Gasteiger partial charge >= 0.3 is 0 Å². The lowest BCUT2D eigenvalue weighted by Gasteiger charge is -2.15. The van der Waals surface area contributed by atoms with Crippen LogP contribution in [0.3, 0.4) is 0 Å². The minimum atomic E-state index is -0.129. The van der Waals surface area contributed by atoms with E-state index in [1.165, 1.54) is 25.7 Å². The maximum absolute atomic E-state index is 12.4. The van der Waals surface area contributed by atoms with Gasteiger partial charge in [0.2, 0.25) is 0 Å². The summed E-state index contributed by atoms with van der Waals surface area (Å²) >= 11 is 0. The van der Waals surface area contributed by atoms with Crippen LogP contribution in [0.15, 0.2) is 53.5 Å². The Morgan fingerprint density at radius 3 is 2.69 bits per heavy atom. The van der Waals surface area contributed by atoms with Crippen LogP contribution in [0.4, 0.5) is 0 Å². The molecule has 1 aromatic carbocycles. The molecule has 1 fully saturated rings. The molecule has 0 spiro atoms. The van der Waals surface area contributed by atoms with Crippen molar-refractivity contribution in [1.29, 1.82) is 0 Å². The predicted molar refractivity (Wildman–Crippen MR) is 102 cm³/mol. The highest BCUT2D eigenvalue weighted by Crippen LogP contribution is 2.21. The van der Waals surface area contributed by atoms with Gasteiger partial charge in [-0.2, -0.15) is 0 Å². The third-order valence-corrected chi connectivity index (χ3v) is 4.78. The first-order chi connectivity index (χ1) is 12.8. The van der Waals surface area contributed by atoms with Crippen LogP contribution in [0.1, 0.15) is 60.4 Å². The Morgan fingerprint density at radius 2 is 1.92 bits per heavy atom. The standard InChI is InChI=1S/C22H27NO3/c1-2-9-17-10-7-8-13-20(17)25-16-19-14-15-21(26-19)22(24)23-18-11-5-3-4-6-12-18/h2,7-8,10,13-15,18H,1,3-6,9,11-12,16H2,(H,23,24). The monoisotopic (exact) mass is 353 g/mol. The van der Waals surface area contributed by atoms with E-state index in [4.69, 9.17) is 9.15 Å². The fraction of sp³-hybridized carbons (Fsp3) is 0.409. The summed E-state index contributed by atoms with van der Waals surface area (Å²) in [5.74, 6) is 1.68. The summed E-state index contributed by atoms with van der Waals surface area (Å²) in [6.45, 7) is 4.07. The minimum Gasteiger partial charge on any atom is -0.485 e. The van der Waals surface area contributed by atoms with Crippen LogP contribution < -0.4 is 10.1 Å². The second-order valence-corrected chi connectivity index (χ2v) is 6.82. The molecule has 0 aliphatic heterocycles. The molecule has 1 N–H and O–H groups in total. The molecule has 4 heteroatoms. The van der Waals surface area contributed by atoms with Gasteiger partial charge in [-0.1, -0.05) is 50.0 Å². The highest BCUT2D eigenvalue weighted by Gasteiger charge is 2.18. The van der Waals surface area contributed by atoms with Crippen molar-refractivity contribution in [2.45, 2.75) is 57.6 Å². The minimum absolute atomic E-state index is 0.129. The lowest BCUT2D eigenvalue weighted by molar-refractivity contribution is 0.0901. The largest absolute Gasteiger partial charge is 0.485 e. The molecule has 0 atom stereocenters. The van der Waals surface area contributed by atoms with Crippen LogP contribution >= 0.6 is 0 Å². The van der Waals surface area contributed by atoms with Crippen molar-refractivity contribution in [3.05, 3.63) is 66.1 Å². The SMILES string of the molecule is C=CCc1ccccc1OCc1ccc(C(=O)NC2CCCCCC2)o1. The van der Waals surface area contributed by atoms with Crippen molar-refractivity contribution in [3.8, 4) is 5.75 Å². The Kier molecular flexibility index (Phi) is 6.53. The van der Waals surface area contributed by atoms with Crippen molar-refractivity contribution in [1.82, 2.24) is 5.32 Å². The molecule has 0 saturated heterocycles. The predicted octanol–water partition coefficient (Wildman–Crippen LogP) is 5.04. The molecule has 0 bridgehead atoms. The number of allylic oxidation sites excluding steroid dienone is 1. The first kappa shape index (κ1) is 18.3. The van der Waals surface area contributed by atoms with Crippen LogP contribution in [0, 0.1) is 0 Å². The van der Waals surface area contributed by atoms with E-state index < -0.39 is 0 Å². The van der Waals surface area contributed by atoms with E-state index in [0.29, 0.717) is 18.1 Å². The Bertz CT molecular complexity index is 726. The molecule has 4 nitrogen and oxygen atoms in total. The van der Waals surface area contributed by atoms with Crippen LogP contribution in [-0.4, -0.2) is 11.9 Å². The van der Waals surface area contributed by atoms with E-state index in [2.05, 4.69) is 11.9 Å². The summed E-state index contributed by atoms with van der Waals surface area (Å²) in [5, 5.41) is 3.10. The first-order valence-corrected chi connectivity index (χ1v) is 9.47. The summed E-state index contributed by atoms with van der Waals surface area (Å²) in [6, 6.07) is 11.7. The van der Waals surface area contributed by atoms with Gasteiger partial charge in [0.15, 0.2) is 5.76 Å². The maximum atomic E-state index is 12.4. The molecule has 0 unspecified atom stereocenters. The summed E-state index contributed by atoms with van der Waals surface area (Å²) < 4.78 is 11.5. The number of benzene rings is 1. The zero-order valence-electron chi connectivity index (χ0n) is 15.2. The van der Waals surface area contributed by atoms with Gasteiger partial charge in [0.25, 0.3) is 5.91 Å². The van der Waals surface area contributed by atoms with Crippen molar-refractivity contribution in [2.75, 3.05) is 0 Å². The molecule has 1 saturated carbocycles. The van der Waals surface area contributed by atoms with Gasteiger partial charge in [-0.05, 0) is 43.0 Å². The average Bonchev–Trinajstić information content (AvgIpc) is 2.99. The zero-order valence-corrected chi connectivity index (χ0v) is 15.2. The van der Waals surface area contributed by atoms with Crippen LogP contribution in [0.5, 0.6) is 5.75 Å². The number of hydrogen-bond acceptors (Lipinski definition) is 3. The van der Waals surface area contributed by atoms with E-state index in [1.807, 2.05) is 30.3 Å². The second kappa shape index (κ2) is 9.27. The van der Waals surface area contributed by atoms with Gasteiger partial charge < -0.3 is 14.5 Å². The third kappa shape index (κ3) is 5.01. The number of para-hydroxylation sites is 1. The van der Waals surface area contributed by atoms with Gasteiger partial charge in [-0.3, -0.25) is 4.79 Å². The molecule has 138 valence electrons. The lowest BCUT2D eigenvalue weighted by Crippen LogP contribution is -2.34. The number of carbonyl (C=O) groups is 1. The smallest absolute Gasteiger partial charge is 0.287 e. The van der Waals surface area contributed by atoms with Crippen LogP contribution in [-0.2, 0) is 13.0 Å². The van der Waals surface area contributed by atoms with E-state index in [0.717, 1.165) is 30.6 Å². The fourth-order valence-corrected chi connectivity index (χ4v) is 3.38. The number of nitrogens with one attached hydrogen (secondary N) is 1. The summed E-state index contributed by atoms with van der Waals surface area (Å²) in [4.78, 5) is 12.4. The summed E-state index contributed by atoms with van der Waals surface area (Å²) in [7, 11) is 0. The van der Waals surface area contributed by atoms with Crippen molar-refractivity contribution >= 4 is 5.91 Å². The van der Waals surface area contributed by atoms with Crippen molar-refractivity contribution in [2.24, 2.45) is 0 Å². The van der Waals surface area contributed by atoms with Gasteiger partial charge in [0, 0.05) is 6.04 Å². The summed E-state index contributed by atoms with van der Waals surface area (Å²) in [5.41, 5.74) is 1.08. The molecule has 3 rings (SSSR count). The number of amides is 1. The molecular weight excluding hydrogens is 326 g/mol.